The number of ether oxygens (including phenoxy) is 1. The SMILES string of the molecule is CC.COc1ccc(-c2n[nH]c(-c3ccccc3)n2)cc1-c1nc(-c2ccccc2)n[nH]1. The van der Waals surface area contributed by atoms with Gasteiger partial charge in [0.05, 0.1) is 12.7 Å². The van der Waals surface area contributed by atoms with Crippen LogP contribution in [-0.4, -0.2) is 37.5 Å². The maximum atomic E-state index is 5.54. The van der Waals surface area contributed by atoms with Gasteiger partial charge in [-0.3, -0.25) is 10.2 Å². The molecule has 7 nitrogen and oxygen atoms in total. The van der Waals surface area contributed by atoms with Crippen LogP contribution in [0.25, 0.3) is 45.6 Å². The third-order valence-corrected chi connectivity index (χ3v) is 4.76. The Hall–Kier alpha value is -4.26. The minimum Gasteiger partial charge on any atom is -0.496 e. The topological polar surface area (TPSA) is 92.4 Å². The van der Waals surface area contributed by atoms with Crippen molar-refractivity contribution in [1.29, 1.82) is 0 Å². The van der Waals surface area contributed by atoms with Crippen LogP contribution in [0, 0.1) is 0 Å². The zero-order chi connectivity index (χ0) is 22.3. The van der Waals surface area contributed by atoms with Gasteiger partial charge in [0.2, 0.25) is 0 Å². The van der Waals surface area contributed by atoms with Crippen LogP contribution >= 0.6 is 0 Å². The summed E-state index contributed by atoms with van der Waals surface area (Å²) in [6.45, 7) is 4.00. The minimum atomic E-state index is 0.598. The average molecular weight is 425 g/mol. The van der Waals surface area contributed by atoms with Crippen molar-refractivity contribution in [2.45, 2.75) is 13.8 Å². The first kappa shape index (κ1) is 21.0. The number of H-pyrrole nitrogens is 2. The number of nitrogens with zero attached hydrogens (tertiary/aromatic N) is 4. The smallest absolute Gasteiger partial charge is 0.181 e. The molecule has 0 unspecified atom stereocenters. The quantitative estimate of drug-likeness (QED) is 0.382. The molecule has 0 aliphatic carbocycles. The predicted octanol–water partition coefficient (Wildman–Crippen LogP) is 5.63. The number of benzene rings is 3. The van der Waals surface area contributed by atoms with Crippen molar-refractivity contribution in [1.82, 2.24) is 30.4 Å². The summed E-state index contributed by atoms with van der Waals surface area (Å²) in [6, 6.07) is 25.5. The molecule has 3 aromatic carbocycles. The van der Waals surface area contributed by atoms with Gasteiger partial charge < -0.3 is 4.74 Å². The van der Waals surface area contributed by atoms with Crippen LogP contribution in [0.3, 0.4) is 0 Å². The summed E-state index contributed by atoms with van der Waals surface area (Å²) in [7, 11) is 1.63. The Balaban J connectivity index is 0.00000119. The summed E-state index contributed by atoms with van der Waals surface area (Å²) in [5.74, 6) is 3.25. The van der Waals surface area contributed by atoms with Crippen LogP contribution in [0.2, 0.25) is 0 Å². The molecule has 0 radical (unpaired) electrons. The Kier molecular flexibility index (Phi) is 6.36. The Morgan fingerprint density at radius 3 is 1.84 bits per heavy atom. The van der Waals surface area contributed by atoms with E-state index >= 15 is 0 Å². The number of aromatic amines is 2. The van der Waals surface area contributed by atoms with Crippen LogP contribution in [-0.2, 0) is 0 Å². The molecule has 32 heavy (non-hydrogen) atoms. The standard InChI is InChI=1S/C23H18N6O.C2H6/c1-30-19-13-12-17(22-24-20(26-28-22)15-8-4-2-5-9-15)14-18(19)23-25-21(27-29-23)16-10-6-3-7-11-16;1-2/h2-14H,1H3,(H,24,26,28)(H,25,27,29);1-2H3. The Bertz CT molecular complexity index is 1280. The first-order chi connectivity index (χ1) is 15.8. The fourth-order valence-corrected chi connectivity index (χ4v) is 3.25. The second-order valence-corrected chi connectivity index (χ2v) is 6.66. The lowest BCUT2D eigenvalue weighted by Gasteiger charge is -2.07. The third kappa shape index (κ3) is 4.27. The number of hydrogen-bond donors (Lipinski definition) is 2. The lowest BCUT2D eigenvalue weighted by molar-refractivity contribution is 0.416. The molecule has 7 heteroatoms. The third-order valence-electron chi connectivity index (χ3n) is 4.76. The summed E-state index contributed by atoms with van der Waals surface area (Å²) in [5, 5.41) is 14.8. The van der Waals surface area contributed by atoms with Gasteiger partial charge in [0, 0.05) is 16.7 Å². The normalized spacial score (nSPS) is 10.3. The molecule has 0 aliphatic heterocycles. The highest BCUT2D eigenvalue weighted by Crippen LogP contribution is 2.32. The van der Waals surface area contributed by atoms with Gasteiger partial charge >= 0.3 is 0 Å². The second-order valence-electron chi connectivity index (χ2n) is 6.66. The number of aromatic nitrogens is 6. The molecule has 160 valence electrons. The molecule has 5 aromatic rings. The maximum absolute atomic E-state index is 5.54. The van der Waals surface area contributed by atoms with Gasteiger partial charge in [-0.15, -0.1) is 0 Å². The van der Waals surface area contributed by atoms with Crippen LogP contribution in [0.4, 0.5) is 0 Å². The molecule has 0 saturated heterocycles. The van der Waals surface area contributed by atoms with Gasteiger partial charge in [-0.2, -0.15) is 10.2 Å². The van der Waals surface area contributed by atoms with Crippen molar-refractivity contribution in [3.63, 3.8) is 0 Å². The summed E-state index contributed by atoms with van der Waals surface area (Å²) >= 11 is 0. The molecule has 2 aromatic heterocycles. The van der Waals surface area contributed by atoms with Crippen molar-refractivity contribution in [2.24, 2.45) is 0 Å². The van der Waals surface area contributed by atoms with E-state index in [9.17, 15) is 0 Å². The van der Waals surface area contributed by atoms with E-state index in [1.807, 2.05) is 92.7 Å². The molecule has 0 aliphatic rings. The van der Waals surface area contributed by atoms with E-state index in [2.05, 4.69) is 30.4 Å². The van der Waals surface area contributed by atoms with Gasteiger partial charge in [0.25, 0.3) is 0 Å². The summed E-state index contributed by atoms with van der Waals surface area (Å²) < 4.78 is 5.54. The average Bonchev–Trinajstić information content (AvgIpc) is 3.57. The fourth-order valence-electron chi connectivity index (χ4n) is 3.25. The number of hydrogen-bond acceptors (Lipinski definition) is 5. The van der Waals surface area contributed by atoms with E-state index in [1.54, 1.807) is 7.11 Å². The van der Waals surface area contributed by atoms with E-state index in [-0.39, 0.29) is 0 Å². The Morgan fingerprint density at radius 2 is 1.19 bits per heavy atom. The highest BCUT2D eigenvalue weighted by molar-refractivity contribution is 5.73. The monoisotopic (exact) mass is 424 g/mol. The van der Waals surface area contributed by atoms with Crippen LogP contribution in [0.1, 0.15) is 13.8 Å². The van der Waals surface area contributed by atoms with E-state index in [0.29, 0.717) is 29.0 Å². The zero-order valence-electron chi connectivity index (χ0n) is 18.2. The van der Waals surface area contributed by atoms with Gasteiger partial charge in [0.15, 0.2) is 23.3 Å². The fraction of sp³-hybridized carbons (Fsp3) is 0.120. The van der Waals surface area contributed by atoms with Gasteiger partial charge in [0.1, 0.15) is 5.75 Å². The number of methoxy groups -OCH3 is 1. The van der Waals surface area contributed by atoms with Crippen molar-refractivity contribution in [3.05, 3.63) is 78.9 Å². The molecule has 2 heterocycles. The second kappa shape index (κ2) is 9.70. The van der Waals surface area contributed by atoms with E-state index < -0.39 is 0 Å². The Labute approximate surface area is 186 Å². The molecule has 0 bridgehead atoms. The molecule has 5 rings (SSSR count). The molecule has 0 fully saturated rings. The molecule has 2 N–H and O–H groups in total. The van der Waals surface area contributed by atoms with E-state index in [4.69, 9.17) is 4.74 Å². The minimum absolute atomic E-state index is 0.598. The zero-order valence-corrected chi connectivity index (χ0v) is 18.2. The molecule has 0 saturated carbocycles. The Morgan fingerprint density at radius 1 is 0.625 bits per heavy atom. The summed E-state index contributed by atoms with van der Waals surface area (Å²) in [5.41, 5.74) is 3.56. The predicted molar refractivity (Wildman–Crippen MR) is 126 cm³/mol. The van der Waals surface area contributed by atoms with Gasteiger partial charge in [-0.25, -0.2) is 9.97 Å². The molecular formula is C25H24N6O. The largest absolute Gasteiger partial charge is 0.496 e. The van der Waals surface area contributed by atoms with Gasteiger partial charge in [-0.05, 0) is 18.2 Å². The molecule has 0 atom stereocenters. The van der Waals surface area contributed by atoms with Crippen molar-refractivity contribution in [2.75, 3.05) is 7.11 Å². The van der Waals surface area contributed by atoms with Crippen LogP contribution < -0.4 is 4.74 Å². The summed E-state index contributed by atoms with van der Waals surface area (Å²) in [4.78, 5) is 9.29. The number of rotatable bonds is 5. The maximum Gasteiger partial charge on any atom is 0.181 e. The van der Waals surface area contributed by atoms with E-state index in [0.717, 1.165) is 22.3 Å². The molecule has 0 spiro atoms. The van der Waals surface area contributed by atoms with E-state index in [1.165, 1.54) is 0 Å². The molecule has 0 amide bonds. The highest BCUT2D eigenvalue weighted by atomic mass is 16.5. The summed E-state index contributed by atoms with van der Waals surface area (Å²) in [6.07, 6.45) is 0. The highest BCUT2D eigenvalue weighted by Gasteiger charge is 2.15. The lowest BCUT2D eigenvalue weighted by Crippen LogP contribution is -1.91. The first-order valence-corrected chi connectivity index (χ1v) is 10.5. The van der Waals surface area contributed by atoms with Crippen LogP contribution in [0.15, 0.2) is 78.9 Å². The van der Waals surface area contributed by atoms with Crippen molar-refractivity contribution in [3.8, 4) is 51.3 Å². The number of nitrogens with one attached hydrogen (secondary N) is 2. The van der Waals surface area contributed by atoms with Crippen molar-refractivity contribution < 1.29 is 4.74 Å². The first-order valence-electron chi connectivity index (χ1n) is 10.5. The lowest BCUT2D eigenvalue weighted by atomic mass is 10.1. The van der Waals surface area contributed by atoms with Crippen molar-refractivity contribution >= 4 is 0 Å². The van der Waals surface area contributed by atoms with Crippen LogP contribution in [0.5, 0.6) is 5.75 Å². The van der Waals surface area contributed by atoms with Gasteiger partial charge in [-0.1, -0.05) is 74.5 Å². The molecular weight excluding hydrogens is 400 g/mol.